The zero-order chi connectivity index (χ0) is 16.3. The predicted octanol–water partition coefficient (Wildman–Crippen LogP) is 3.19. The molecule has 118 valence electrons. The summed E-state index contributed by atoms with van der Waals surface area (Å²) in [6, 6.07) is 15.5. The van der Waals surface area contributed by atoms with Gasteiger partial charge in [-0.2, -0.15) is 0 Å². The smallest absolute Gasteiger partial charge is 0.269 e. The van der Waals surface area contributed by atoms with E-state index in [4.69, 9.17) is 4.74 Å². The molecule has 0 aliphatic heterocycles. The summed E-state index contributed by atoms with van der Waals surface area (Å²) in [5.74, 6) is 0.934. The summed E-state index contributed by atoms with van der Waals surface area (Å²) in [5.41, 5.74) is 0.638. The van der Waals surface area contributed by atoms with E-state index in [1.807, 2.05) is 19.1 Å². The first kappa shape index (κ1) is 15.3. The molecule has 3 rings (SSSR count). The van der Waals surface area contributed by atoms with Crippen molar-refractivity contribution < 1.29 is 13.2 Å². The van der Waals surface area contributed by atoms with Crippen LogP contribution in [0.15, 0.2) is 71.9 Å². The first-order chi connectivity index (χ1) is 11.1. The molecule has 3 aromatic rings. The van der Waals surface area contributed by atoms with E-state index in [0.717, 1.165) is 0 Å². The Hall–Kier alpha value is -2.60. The van der Waals surface area contributed by atoms with Crippen LogP contribution in [-0.4, -0.2) is 24.0 Å². The van der Waals surface area contributed by atoms with Gasteiger partial charge < -0.3 is 4.74 Å². The summed E-state index contributed by atoms with van der Waals surface area (Å²) in [6.07, 6.45) is 2.92. The number of nitrogens with zero attached hydrogens (tertiary/aromatic N) is 2. The molecular weight excluding hydrogens is 312 g/mol. The van der Waals surface area contributed by atoms with E-state index in [-0.39, 0.29) is 4.90 Å². The number of hydrogen-bond acceptors (Lipinski definition) is 4. The van der Waals surface area contributed by atoms with Gasteiger partial charge in [0.05, 0.1) is 17.1 Å². The Morgan fingerprint density at radius 1 is 1.04 bits per heavy atom. The van der Waals surface area contributed by atoms with Gasteiger partial charge >= 0.3 is 0 Å². The lowest BCUT2D eigenvalue weighted by molar-refractivity contribution is 0.341. The molecule has 5 nitrogen and oxygen atoms in total. The molecule has 2 aromatic carbocycles. The fourth-order valence-electron chi connectivity index (χ4n) is 2.31. The lowest BCUT2D eigenvalue weighted by Gasteiger charge is -2.12. The summed E-state index contributed by atoms with van der Waals surface area (Å²) in [6.45, 7) is 2.37. The number of imidazole rings is 1. The van der Waals surface area contributed by atoms with Crippen molar-refractivity contribution in [3.63, 3.8) is 0 Å². The summed E-state index contributed by atoms with van der Waals surface area (Å²) < 4.78 is 32.4. The minimum absolute atomic E-state index is 0.216. The summed E-state index contributed by atoms with van der Waals surface area (Å²) in [7, 11) is -3.71. The van der Waals surface area contributed by atoms with Crippen LogP contribution in [0.4, 0.5) is 0 Å². The molecule has 0 N–H and O–H groups in total. The van der Waals surface area contributed by atoms with Gasteiger partial charge in [-0.1, -0.05) is 30.3 Å². The molecule has 6 heteroatoms. The van der Waals surface area contributed by atoms with Crippen molar-refractivity contribution in [3.05, 3.63) is 67.0 Å². The number of ether oxygens (including phenoxy) is 1. The molecule has 23 heavy (non-hydrogen) atoms. The van der Waals surface area contributed by atoms with E-state index in [2.05, 4.69) is 4.98 Å². The van der Waals surface area contributed by atoms with Crippen molar-refractivity contribution in [2.75, 3.05) is 6.61 Å². The molecule has 1 heterocycles. The molecule has 0 bridgehead atoms. The second-order valence-corrected chi connectivity index (χ2v) is 6.61. The second-order valence-electron chi connectivity index (χ2n) is 4.79. The van der Waals surface area contributed by atoms with Crippen LogP contribution in [0.25, 0.3) is 11.4 Å². The highest BCUT2D eigenvalue weighted by Crippen LogP contribution is 2.30. The molecular formula is C17H16N2O3S. The van der Waals surface area contributed by atoms with Crippen LogP contribution < -0.4 is 4.74 Å². The number of benzene rings is 2. The molecule has 0 spiro atoms. The van der Waals surface area contributed by atoms with Crippen LogP contribution >= 0.6 is 0 Å². The number of para-hydroxylation sites is 1. The van der Waals surface area contributed by atoms with Gasteiger partial charge in [-0.15, -0.1) is 0 Å². The monoisotopic (exact) mass is 328 g/mol. The molecule has 0 amide bonds. The molecule has 0 aliphatic rings. The van der Waals surface area contributed by atoms with Gasteiger partial charge in [0.25, 0.3) is 10.0 Å². The van der Waals surface area contributed by atoms with Crippen LogP contribution in [0.5, 0.6) is 5.75 Å². The predicted molar refractivity (Wildman–Crippen MR) is 87.9 cm³/mol. The zero-order valence-corrected chi connectivity index (χ0v) is 13.4. The maximum absolute atomic E-state index is 12.8. The van der Waals surface area contributed by atoms with Crippen LogP contribution in [0, 0.1) is 0 Å². The third-order valence-corrected chi connectivity index (χ3v) is 5.02. The van der Waals surface area contributed by atoms with E-state index in [9.17, 15) is 8.42 Å². The van der Waals surface area contributed by atoms with Crippen LogP contribution in [0.1, 0.15) is 6.92 Å². The molecule has 0 radical (unpaired) electrons. The van der Waals surface area contributed by atoms with Crippen molar-refractivity contribution in [2.24, 2.45) is 0 Å². The van der Waals surface area contributed by atoms with Crippen LogP contribution in [-0.2, 0) is 10.0 Å². The molecule has 0 fully saturated rings. The minimum atomic E-state index is -3.71. The third-order valence-electron chi connectivity index (χ3n) is 3.34. The van der Waals surface area contributed by atoms with Gasteiger partial charge in [-0.3, -0.25) is 0 Å². The first-order valence-corrected chi connectivity index (χ1v) is 8.64. The molecule has 0 saturated heterocycles. The van der Waals surface area contributed by atoms with Crippen LogP contribution in [0.2, 0.25) is 0 Å². The van der Waals surface area contributed by atoms with Crippen molar-refractivity contribution in [1.82, 2.24) is 8.96 Å². The number of hydrogen-bond donors (Lipinski definition) is 0. The quantitative estimate of drug-likeness (QED) is 0.722. The van der Waals surface area contributed by atoms with E-state index in [1.54, 1.807) is 42.5 Å². The van der Waals surface area contributed by atoms with Crippen molar-refractivity contribution in [3.8, 4) is 17.1 Å². The molecule has 0 aliphatic carbocycles. The molecule has 1 aromatic heterocycles. The van der Waals surface area contributed by atoms with Gasteiger partial charge in [0.15, 0.2) is 5.82 Å². The van der Waals surface area contributed by atoms with E-state index in [0.29, 0.717) is 23.7 Å². The minimum Gasteiger partial charge on any atom is -0.493 e. The number of rotatable bonds is 5. The standard InChI is InChI=1S/C17H16N2O3S/c1-2-22-16-11-7-6-10-15(16)17-18-12-13-19(17)23(20,21)14-8-4-3-5-9-14/h3-13H,2H2,1H3. The van der Waals surface area contributed by atoms with Crippen molar-refractivity contribution >= 4 is 10.0 Å². The second kappa shape index (κ2) is 6.26. The normalized spacial score (nSPS) is 11.3. The summed E-state index contributed by atoms with van der Waals surface area (Å²) in [5, 5.41) is 0. The Morgan fingerprint density at radius 2 is 1.74 bits per heavy atom. The summed E-state index contributed by atoms with van der Waals surface area (Å²) >= 11 is 0. The Labute approximate surface area is 135 Å². The zero-order valence-electron chi connectivity index (χ0n) is 12.6. The third kappa shape index (κ3) is 2.85. The van der Waals surface area contributed by atoms with Gasteiger partial charge in [-0.25, -0.2) is 17.4 Å². The van der Waals surface area contributed by atoms with Crippen molar-refractivity contribution in [2.45, 2.75) is 11.8 Å². The van der Waals surface area contributed by atoms with Gasteiger partial charge in [0.1, 0.15) is 5.75 Å². The van der Waals surface area contributed by atoms with Gasteiger partial charge in [-0.05, 0) is 31.2 Å². The first-order valence-electron chi connectivity index (χ1n) is 7.20. The van der Waals surface area contributed by atoms with E-state index >= 15 is 0 Å². The largest absolute Gasteiger partial charge is 0.493 e. The molecule has 0 atom stereocenters. The van der Waals surface area contributed by atoms with Gasteiger partial charge in [0, 0.05) is 12.4 Å². The Kier molecular flexibility index (Phi) is 4.16. The van der Waals surface area contributed by atoms with Gasteiger partial charge in [0.2, 0.25) is 0 Å². The SMILES string of the molecule is CCOc1ccccc1-c1nccn1S(=O)(=O)c1ccccc1. The Bertz CT molecular complexity index is 902. The Balaban J connectivity index is 2.15. The Morgan fingerprint density at radius 3 is 2.48 bits per heavy atom. The maximum Gasteiger partial charge on any atom is 0.269 e. The average molecular weight is 328 g/mol. The van der Waals surface area contributed by atoms with Crippen LogP contribution in [0.3, 0.4) is 0 Å². The van der Waals surface area contributed by atoms with Crippen molar-refractivity contribution in [1.29, 1.82) is 0 Å². The highest BCUT2D eigenvalue weighted by atomic mass is 32.2. The van der Waals surface area contributed by atoms with E-state index in [1.165, 1.54) is 16.4 Å². The molecule has 0 saturated carbocycles. The summed E-state index contributed by atoms with van der Waals surface area (Å²) in [4.78, 5) is 4.44. The van der Waals surface area contributed by atoms with E-state index < -0.39 is 10.0 Å². The highest BCUT2D eigenvalue weighted by molar-refractivity contribution is 7.90. The highest BCUT2D eigenvalue weighted by Gasteiger charge is 2.22. The topological polar surface area (TPSA) is 61.2 Å². The lowest BCUT2D eigenvalue weighted by atomic mass is 10.2. The molecule has 0 unspecified atom stereocenters. The fraction of sp³-hybridized carbons (Fsp3) is 0.118. The lowest BCUT2D eigenvalue weighted by Crippen LogP contribution is -2.13. The average Bonchev–Trinajstić information content (AvgIpc) is 3.07. The number of aromatic nitrogens is 2. The fourth-order valence-corrected chi connectivity index (χ4v) is 3.63. The maximum atomic E-state index is 12.8.